The maximum atomic E-state index is 12.1. The lowest BCUT2D eigenvalue weighted by Crippen LogP contribution is -2.25. The van der Waals surface area contributed by atoms with Crippen LogP contribution >= 0.6 is 27.5 Å². The predicted molar refractivity (Wildman–Crippen MR) is 82.2 cm³/mol. The monoisotopic (exact) mass is 353 g/mol. The topological polar surface area (TPSA) is 39.2 Å². The fourth-order valence-electron chi connectivity index (χ4n) is 1.71. The number of carbonyl (C=O) groups excluding carboxylic acids is 1. The summed E-state index contributed by atoms with van der Waals surface area (Å²) in [6, 6.07) is 8.88. The zero-order chi connectivity index (χ0) is 14.5. The van der Waals surface area contributed by atoms with Gasteiger partial charge in [0, 0.05) is 28.3 Å². The molecule has 0 N–H and O–H groups in total. The van der Waals surface area contributed by atoms with E-state index in [1.807, 2.05) is 6.07 Å². The van der Waals surface area contributed by atoms with Gasteiger partial charge >= 0.3 is 0 Å². The molecule has 0 amide bonds. The van der Waals surface area contributed by atoms with Crippen molar-refractivity contribution in [2.45, 2.75) is 19.4 Å². The van der Waals surface area contributed by atoms with Crippen molar-refractivity contribution in [3.05, 3.63) is 57.8 Å². The minimum Gasteiger partial charge on any atom is -0.483 e. The Balaban J connectivity index is 1.98. The van der Waals surface area contributed by atoms with E-state index in [9.17, 15) is 4.79 Å². The number of pyridine rings is 1. The lowest BCUT2D eigenvalue weighted by molar-refractivity contribution is -0.124. The molecule has 0 aliphatic carbocycles. The van der Waals surface area contributed by atoms with E-state index in [0.29, 0.717) is 10.8 Å². The fraction of sp³-hybridized carbons (Fsp3) is 0.200. The number of rotatable bonds is 5. The van der Waals surface area contributed by atoms with Crippen LogP contribution in [0.15, 0.2) is 47.2 Å². The van der Waals surface area contributed by atoms with Crippen LogP contribution in [0.4, 0.5) is 0 Å². The average molecular weight is 355 g/mol. The molecule has 1 heterocycles. The lowest BCUT2D eigenvalue weighted by atomic mass is 10.1. The van der Waals surface area contributed by atoms with Crippen LogP contribution in [0.2, 0.25) is 5.02 Å². The summed E-state index contributed by atoms with van der Waals surface area (Å²) in [7, 11) is 0. The third kappa shape index (κ3) is 4.32. The van der Waals surface area contributed by atoms with Crippen LogP contribution in [0.5, 0.6) is 5.75 Å². The molecule has 20 heavy (non-hydrogen) atoms. The number of halogens is 2. The molecule has 0 aliphatic heterocycles. The summed E-state index contributed by atoms with van der Waals surface area (Å²) in [6.45, 7) is 1.73. The van der Waals surface area contributed by atoms with Crippen LogP contribution in [0.3, 0.4) is 0 Å². The quantitative estimate of drug-likeness (QED) is 0.812. The van der Waals surface area contributed by atoms with Crippen molar-refractivity contribution < 1.29 is 9.53 Å². The second-order valence-electron chi connectivity index (χ2n) is 4.37. The van der Waals surface area contributed by atoms with Gasteiger partial charge in [-0.25, -0.2) is 0 Å². The molecular weight excluding hydrogens is 342 g/mol. The van der Waals surface area contributed by atoms with Crippen LogP contribution in [0.25, 0.3) is 0 Å². The summed E-state index contributed by atoms with van der Waals surface area (Å²) < 4.78 is 6.45. The molecule has 1 aromatic carbocycles. The van der Waals surface area contributed by atoms with Crippen molar-refractivity contribution in [2.75, 3.05) is 0 Å². The minimum atomic E-state index is -0.535. The van der Waals surface area contributed by atoms with E-state index in [2.05, 4.69) is 20.9 Å². The molecular formula is C15H13BrClNO2. The summed E-state index contributed by atoms with van der Waals surface area (Å²) in [5, 5.41) is 0.582. The largest absolute Gasteiger partial charge is 0.483 e. The van der Waals surface area contributed by atoms with Gasteiger partial charge in [0.2, 0.25) is 0 Å². The smallest absolute Gasteiger partial charge is 0.177 e. The molecule has 5 heteroatoms. The van der Waals surface area contributed by atoms with Gasteiger partial charge in [0.15, 0.2) is 11.9 Å². The Morgan fingerprint density at radius 2 is 2.20 bits per heavy atom. The summed E-state index contributed by atoms with van der Waals surface area (Å²) in [6.07, 6.45) is 3.11. The van der Waals surface area contributed by atoms with Gasteiger partial charge in [0.25, 0.3) is 0 Å². The van der Waals surface area contributed by atoms with Crippen LogP contribution in [-0.4, -0.2) is 16.9 Å². The Labute approximate surface area is 131 Å². The first-order valence-electron chi connectivity index (χ1n) is 6.09. The van der Waals surface area contributed by atoms with Crippen LogP contribution in [0, 0.1) is 0 Å². The maximum absolute atomic E-state index is 12.1. The highest BCUT2D eigenvalue weighted by molar-refractivity contribution is 9.10. The van der Waals surface area contributed by atoms with Gasteiger partial charge in [0.05, 0.1) is 0 Å². The van der Waals surface area contributed by atoms with E-state index >= 15 is 0 Å². The van der Waals surface area contributed by atoms with Crippen molar-refractivity contribution in [2.24, 2.45) is 0 Å². The van der Waals surface area contributed by atoms with Crippen LogP contribution in [0.1, 0.15) is 12.5 Å². The molecule has 0 fully saturated rings. The van der Waals surface area contributed by atoms with Gasteiger partial charge in [-0.15, -0.1) is 0 Å². The van der Waals surface area contributed by atoms with Gasteiger partial charge in [-0.05, 0) is 52.7 Å². The Bertz CT molecular complexity index is 618. The molecule has 2 rings (SSSR count). The van der Waals surface area contributed by atoms with E-state index in [4.69, 9.17) is 16.3 Å². The van der Waals surface area contributed by atoms with E-state index in [0.717, 1.165) is 10.0 Å². The second-order valence-corrected chi connectivity index (χ2v) is 5.72. The summed E-state index contributed by atoms with van der Waals surface area (Å²) in [5.41, 5.74) is 0.853. The van der Waals surface area contributed by atoms with Crippen molar-refractivity contribution in [1.29, 1.82) is 0 Å². The molecule has 1 unspecified atom stereocenters. The molecule has 0 bridgehead atoms. The Morgan fingerprint density at radius 1 is 1.40 bits per heavy atom. The first kappa shape index (κ1) is 15.0. The number of hydrogen-bond acceptors (Lipinski definition) is 3. The molecule has 104 valence electrons. The predicted octanol–water partition coefficient (Wildman–Crippen LogP) is 4.08. The lowest BCUT2D eigenvalue weighted by Gasteiger charge is -2.13. The number of ether oxygens (including phenoxy) is 1. The normalized spacial score (nSPS) is 11.9. The average Bonchev–Trinajstić information content (AvgIpc) is 2.38. The third-order valence-electron chi connectivity index (χ3n) is 2.70. The van der Waals surface area contributed by atoms with E-state index in [-0.39, 0.29) is 12.2 Å². The van der Waals surface area contributed by atoms with E-state index in [1.165, 1.54) is 0 Å². The molecule has 0 radical (unpaired) electrons. The first-order chi connectivity index (χ1) is 9.54. The highest BCUT2D eigenvalue weighted by Gasteiger charge is 2.15. The van der Waals surface area contributed by atoms with Gasteiger partial charge < -0.3 is 4.74 Å². The van der Waals surface area contributed by atoms with E-state index < -0.39 is 6.10 Å². The number of aromatic nitrogens is 1. The van der Waals surface area contributed by atoms with E-state index in [1.54, 1.807) is 43.6 Å². The Kier molecular flexibility index (Phi) is 5.15. The summed E-state index contributed by atoms with van der Waals surface area (Å²) in [5.74, 6) is 0.579. The minimum absolute atomic E-state index is 0.00937. The van der Waals surface area contributed by atoms with Crippen molar-refractivity contribution in [3.8, 4) is 5.75 Å². The SMILES string of the molecule is CC(Oc1cccc(Cl)c1)C(=O)Cc1cncc(Br)c1. The van der Waals surface area contributed by atoms with Crippen molar-refractivity contribution in [1.82, 2.24) is 4.98 Å². The molecule has 1 atom stereocenters. The Hall–Kier alpha value is -1.39. The highest BCUT2D eigenvalue weighted by Crippen LogP contribution is 2.19. The number of ketones is 1. The van der Waals surface area contributed by atoms with Crippen LogP contribution < -0.4 is 4.74 Å². The third-order valence-corrected chi connectivity index (χ3v) is 3.37. The van der Waals surface area contributed by atoms with Gasteiger partial charge in [-0.3, -0.25) is 9.78 Å². The highest BCUT2D eigenvalue weighted by atomic mass is 79.9. The Morgan fingerprint density at radius 3 is 2.90 bits per heavy atom. The maximum Gasteiger partial charge on any atom is 0.177 e. The zero-order valence-electron chi connectivity index (χ0n) is 10.8. The summed E-state index contributed by atoms with van der Waals surface area (Å²) in [4.78, 5) is 16.1. The van der Waals surface area contributed by atoms with Gasteiger partial charge in [-0.1, -0.05) is 17.7 Å². The number of benzene rings is 1. The molecule has 1 aromatic heterocycles. The standard InChI is InChI=1S/C15H13BrClNO2/c1-10(20-14-4-2-3-13(17)7-14)15(19)6-11-5-12(16)9-18-8-11/h2-5,7-10H,6H2,1H3. The summed E-state index contributed by atoms with van der Waals surface area (Å²) >= 11 is 9.21. The van der Waals surface area contributed by atoms with Gasteiger partial charge in [-0.2, -0.15) is 0 Å². The first-order valence-corrected chi connectivity index (χ1v) is 7.26. The van der Waals surface area contributed by atoms with Gasteiger partial charge in [0.1, 0.15) is 5.75 Å². The molecule has 3 nitrogen and oxygen atoms in total. The molecule has 0 saturated heterocycles. The van der Waals surface area contributed by atoms with Crippen molar-refractivity contribution in [3.63, 3.8) is 0 Å². The second kappa shape index (κ2) is 6.86. The zero-order valence-corrected chi connectivity index (χ0v) is 13.2. The number of nitrogens with zero attached hydrogens (tertiary/aromatic N) is 1. The molecule has 0 aliphatic rings. The number of Topliss-reactive ketones (excluding diaryl/α,β-unsaturated/α-hetero) is 1. The van der Waals surface area contributed by atoms with Crippen molar-refractivity contribution >= 4 is 33.3 Å². The molecule has 0 saturated carbocycles. The number of hydrogen-bond donors (Lipinski definition) is 0. The molecule has 2 aromatic rings. The fourth-order valence-corrected chi connectivity index (χ4v) is 2.30. The molecule has 0 spiro atoms. The number of carbonyl (C=O) groups is 1. The van der Waals surface area contributed by atoms with Crippen LogP contribution in [-0.2, 0) is 11.2 Å².